The summed E-state index contributed by atoms with van der Waals surface area (Å²) in [6, 6.07) is 11.9. The van der Waals surface area contributed by atoms with Crippen LogP contribution in [0.1, 0.15) is 33.1 Å². The average molecular weight is 425 g/mol. The Morgan fingerprint density at radius 3 is 2.40 bits per heavy atom. The van der Waals surface area contributed by atoms with Gasteiger partial charge in [-0.05, 0) is 26.3 Å². The zero-order valence-electron chi connectivity index (χ0n) is 17.5. The number of benzene rings is 1. The molecule has 3 aromatic rings. The zero-order valence-corrected chi connectivity index (χ0v) is 18.2. The monoisotopic (exact) mass is 424 g/mol. The van der Waals surface area contributed by atoms with Gasteiger partial charge in [-0.25, -0.2) is 14.6 Å². The summed E-state index contributed by atoms with van der Waals surface area (Å²) < 4.78 is 1.70. The highest BCUT2D eigenvalue weighted by molar-refractivity contribution is 6.33. The smallest absolute Gasteiger partial charge is 0.259 e. The first-order valence-electron chi connectivity index (χ1n) is 10.1. The summed E-state index contributed by atoms with van der Waals surface area (Å²) in [5.74, 6) is 1.61. The molecule has 1 aliphatic rings. The van der Waals surface area contributed by atoms with Crippen LogP contribution < -0.4 is 4.90 Å². The van der Waals surface area contributed by atoms with Crippen LogP contribution in [0.25, 0.3) is 0 Å². The van der Waals surface area contributed by atoms with Gasteiger partial charge in [0.15, 0.2) is 0 Å². The van der Waals surface area contributed by atoms with Gasteiger partial charge in [0, 0.05) is 37.9 Å². The van der Waals surface area contributed by atoms with Gasteiger partial charge >= 0.3 is 0 Å². The van der Waals surface area contributed by atoms with Gasteiger partial charge in [-0.1, -0.05) is 41.9 Å². The van der Waals surface area contributed by atoms with E-state index in [4.69, 9.17) is 11.6 Å². The summed E-state index contributed by atoms with van der Waals surface area (Å²) in [5, 5.41) is 4.91. The molecule has 0 N–H and O–H groups in total. The van der Waals surface area contributed by atoms with E-state index < -0.39 is 0 Å². The number of rotatable bonds is 4. The normalized spacial score (nSPS) is 14.3. The van der Waals surface area contributed by atoms with Gasteiger partial charge in [0.2, 0.25) is 0 Å². The van der Waals surface area contributed by atoms with Crippen molar-refractivity contribution in [3.8, 4) is 0 Å². The Morgan fingerprint density at radius 1 is 1.03 bits per heavy atom. The molecular weight excluding hydrogens is 400 g/mol. The van der Waals surface area contributed by atoms with Gasteiger partial charge in [-0.15, -0.1) is 0 Å². The zero-order chi connectivity index (χ0) is 21.3. The molecule has 0 saturated carbocycles. The third-order valence-corrected chi connectivity index (χ3v) is 5.68. The number of amides is 1. The van der Waals surface area contributed by atoms with Crippen molar-refractivity contribution >= 4 is 23.3 Å². The molecule has 30 heavy (non-hydrogen) atoms. The highest BCUT2D eigenvalue weighted by Crippen LogP contribution is 2.24. The minimum Gasteiger partial charge on any atom is -0.353 e. The molecule has 0 bridgehead atoms. The maximum atomic E-state index is 13.2. The minimum atomic E-state index is -0.0634. The van der Waals surface area contributed by atoms with Crippen LogP contribution >= 0.6 is 11.6 Å². The SMILES string of the molecule is Cc1cc(N2CCN(C(=O)c3c(C)nn(Cc4ccccc4)c3Cl)CC2)nc(C)n1. The van der Waals surface area contributed by atoms with Crippen molar-refractivity contribution in [3.05, 3.63) is 69.9 Å². The standard InChI is InChI=1S/C22H25ClN6O/c1-15-13-19(25-17(3)24-15)27-9-11-28(12-10-27)22(30)20-16(2)26-29(21(20)23)14-18-7-5-4-6-8-18/h4-8,13H,9-12,14H2,1-3H3. The number of anilines is 1. The summed E-state index contributed by atoms with van der Waals surface area (Å²) in [5.41, 5.74) is 3.19. The summed E-state index contributed by atoms with van der Waals surface area (Å²) in [7, 11) is 0. The van der Waals surface area contributed by atoms with Gasteiger partial charge in [-0.2, -0.15) is 5.10 Å². The molecule has 4 rings (SSSR count). The number of halogens is 1. The van der Waals surface area contributed by atoms with Crippen LogP contribution in [0, 0.1) is 20.8 Å². The Kier molecular flexibility index (Phi) is 5.72. The van der Waals surface area contributed by atoms with Crippen molar-refractivity contribution in [1.82, 2.24) is 24.6 Å². The van der Waals surface area contributed by atoms with Gasteiger partial charge in [0.1, 0.15) is 16.8 Å². The fourth-order valence-electron chi connectivity index (χ4n) is 3.81. The van der Waals surface area contributed by atoms with Crippen molar-refractivity contribution in [2.75, 3.05) is 31.1 Å². The van der Waals surface area contributed by atoms with Crippen molar-refractivity contribution in [1.29, 1.82) is 0 Å². The van der Waals surface area contributed by atoms with Crippen LogP contribution in [0.5, 0.6) is 0 Å². The maximum Gasteiger partial charge on any atom is 0.259 e. The first kappa shape index (κ1) is 20.3. The van der Waals surface area contributed by atoms with E-state index >= 15 is 0 Å². The second kappa shape index (κ2) is 8.44. The first-order chi connectivity index (χ1) is 14.4. The van der Waals surface area contributed by atoms with Crippen molar-refractivity contribution in [3.63, 3.8) is 0 Å². The number of piperazine rings is 1. The molecule has 2 aromatic heterocycles. The molecular formula is C22H25ClN6O. The highest BCUT2D eigenvalue weighted by Gasteiger charge is 2.28. The third-order valence-electron chi connectivity index (χ3n) is 5.30. The Morgan fingerprint density at radius 2 is 1.73 bits per heavy atom. The molecule has 1 aromatic carbocycles. The molecule has 0 radical (unpaired) electrons. The lowest BCUT2D eigenvalue weighted by Crippen LogP contribution is -2.49. The minimum absolute atomic E-state index is 0.0634. The van der Waals surface area contributed by atoms with Gasteiger partial charge in [0.25, 0.3) is 5.91 Å². The Balaban J connectivity index is 1.46. The van der Waals surface area contributed by atoms with E-state index in [1.165, 1.54) is 0 Å². The summed E-state index contributed by atoms with van der Waals surface area (Å²) in [6.45, 7) is 8.90. The van der Waals surface area contributed by atoms with Crippen molar-refractivity contribution < 1.29 is 4.79 Å². The summed E-state index contributed by atoms with van der Waals surface area (Å²) >= 11 is 6.58. The van der Waals surface area contributed by atoms with Gasteiger partial charge < -0.3 is 9.80 Å². The molecule has 7 nitrogen and oxygen atoms in total. The predicted molar refractivity (Wildman–Crippen MR) is 117 cm³/mol. The van der Waals surface area contributed by atoms with Crippen LogP contribution in [0.15, 0.2) is 36.4 Å². The maximum absolute atomic E-state index is 13.2. The predicted octanol–water partition coefficient (Wildman–Crippen LogP) is 3.26. The summed E-state index contributed by atoms with van der Waals surface area (Å²) in [4.78, 5) is 26.1. The lowest BCUT2D eigenvalue weighted by atomic mass is 10.2. The molecule has 1 fully saturated rings. The number of carbonyl (C=O) groups excluding carboxylic acids is 1. The molecule has 0 spiro atoms. The molecule has 1 aliphatic heterocycles. The molecule has 3 heterocycles. The number of aromatic nitrogens is 4. The topological polar surface area (TPSA) is 67.2 Å². The quantitative estimate of drug-likeness (QED) is 0.643. The fraction of sp³-hybridized carbons (Fsp3) is 0.364. The molecule has 0 atom stereocenters. The average Bonchev–Trinajstić information content (AvgIpc) is 3.00. The molecule has 0 unspecified atom stereocenters. The number of hydrogen-bond donors (Lipinski definition) is 0. The fourth-order valence-corrected chi connectivity index (χ4v) is 4.13. The van der Waals surface area contributed by atoms with E-state index in [9.17, 15) is 4.79 Å². The molecule has 1 amide bonds. The number of aryl methyl sites for hydroxylation is 3. The van der Waals surface area contributed by atoms with Crippen LogP contribution in [0.4, 0.5) is 5.82 Å². The number of nitrogens with zero attached hydrogens (tertiary/aromatic N) is 6. The van der Waals surface area contributed by atoms with E-state index in [-0.39, 0.29) is 5.91 Å². The van der Waals surface area contributed by atoms with Gasteiger partial charge in [-0.3, -0.25) is 4.79 Å². The van der Waals surface area contributed by atoms with Crippen molar-refractivity contribution in [2.24, 2.45) is 0 Å². The Labute approximate surface area is 181 Å². The lowest BCUT2D eigenvalue weighted by molar-refractivity contribution is 0.0746. The van der Waals surface area contributed by atoms with Gasteiger partial charge in [0.05, 0.1) is 17.8 Å². The van der Waals surface area contributed by atoms with E-state index in [0.29, 0.717) is 36.0 Å². The Hall–Kier alpha value is -2.93. The van der Waals surface area contributed by atoms with Crippen LogP contribution in [-0.4, -0.2) is 56.7 Å². The van der Waals surface area contributed by atoms with E-state index in [1.54, 1.807) is 4.68 Å². The first-order valence-corrected chi connectivity index (χ1v) is 10.4. The number of carbonyl (C=O) groups is 1. The van der Waals surface area contributed by atoms with Crippen LogP contribution in [0.2, 0.25) is 5.15 Å². The largest absolute Gasteiger partial charge is 0.353 e. The van der Waals surface area contributed by atoms with E-state index in [2.05, 4.69) is 20.0 Å². The highest BCUT2D eigenvalue weighted by atomic mass is 35.5. The van der Waals surface area contributed by atoms with Crippen LogP contribution in [-0.2, 0) is 6.54 Å². The second-order valence-electron chi connectivity index (χ2n) is 7.59. The van der Waals surface area contributed by atoms with E-state index in [0.717, 1.165) is 36.0 Å². The molecule has 0 aliphatic carbocycles. The Bertz CT molecular complexity index is 1040. The van der Waals surface area contributed by atoms with Crippen molar-refractivity contribution in [2.45, 2.75) is 27.3 Å². The molecule has 1 saturated heterocycles. The molecule has 8 heteroatoms. The number of hydrogen-bond acceptors (Lipinski definition) is 5. The van der Waals surface area contributed by atoms with Crippen LogP contribution in [0.3, 0.4) is 0 Å². The second-order valence-corrected chi connectivity index (χ2v) is 7.95. The summed E-state index contributed by atoms with van der Waals surface area (Å²) in [6.07, 6.45) is 0. The molecule has 156 valence electrons. The van der Waals surface area contributed by atoms with E-state index in [1.807, 2.05) is 62.1 Å². The lowest BCUT2D eigenvalue weighted by Gasteiger charge is -2.35. The third kappa shape index (κ3) is 4.16.